The second kappa shape index (κ2) is 9.57. The maximum absolute atomic E-state index is 13.2. The summed E-state index contributed by atoms with van der Waals surface area (Å²) >= 11 is 5.97. The number of amides is 1. The highest BCUT2D eigenvalue weighted by Gasteiger charge is 2.31. The molecule has 3 heterocycles. The Hall–Kier alpha value is -2.83. The smallest absolute Gasteiger partial charge is 0.274 e. The minimum Gasteiger partial charge on any atom is -0.457 e. The Labute approximate surface area is 199 Å². The Morgan fingerprint density at radius 2 is 1.85 bits per heavy atom. The van der Waals surface area contributed by atoms with Crippen LogP contribution in [0.5, 0.6) is 11.5 Å². The van der Waals surface area contributed by atoms with Crippen LogP contribution in [0, 0.1) is 0 Å². The molecule has 1 saturated heterocycles. The average Bonchev–Trinajstić information content (AvgIpc) is 3.49. The molecule has 0 bridgehead atoms. The van der Waals surface area contributed by atoms with E-state index in [4.69, 9.17) is 21.4 Å². The van der Waals surface area contributed by atoms with Crippen LogP contribution in [0.25, 0.3) is 0 Å². The number of rotatable bonds is 6. The van der Waals surface area contributed by atoms with Crippen molar-refractivity contribution in [2.24, 2.45) is 0 Å². The molecule has 0 aliphatic carbocycles. The molecule has 172 valence electrons. The standard InChI is InChI=1S/C26H29ClN4O2/c1-2-31-24-12-15-29(18-23(24)25(28-31)26(32)30-13-3-4-14-30)17-19-6-5-7-22(16-19)33-21-10-8-20(27)9-11-21/h5-11,16H,2-4,12-15,17-18H2,1H3. The molecule has 1 fully saturated rings. The normalized spacial score (nSPS) is 16.1. The SMILES string of the molecule is CCn1nc(C(=O)N2CCCC2)c2c1CCN(Cc1cccc(Oc3ccc(Cl)cc3)c1)C2. The van der Waals surface area contributed by atoms with Crippen LogP contribution in [0.1, 0.15) is 47.1 Å². The second-order valence-corrected chi connectivity index (χ2v) is 9.19. The number of hydrogen-bond acceptors (Lipinski definition) is 4. The quantitative estimate of drug-likeness (QED) is 0.506. The maximum Gasteiger partial charge on any atom is 0.274 e. The van der Waals surface area contributed by atoms with Gasteiger partial charge in [-0.1, -0.05) is 23.7 Å². The van der Waals surface area contributed by atoms with Crippen LogP contribution in [-0.2, 0) is 26.1 Å². The summed E-state index contributed by atoms with van der Waals surface area (Å²) in [6, 6.07) is 15.6. The van der Waals surface area contributed by atoms with Crippen LogP contribution >= 0.6 is 11.6 Å². The summed E-state index contributed by atoms with van der Waals surface area (Å²) in [7, 11) is 0. The van der Waals surface area contributed by atoms with Gasteiger partial charge < -0.3 is 9.64 Å². The number of aromatic nitrogens is 2. The predicted octanol–water partition coefficient (Wildman–Crippen LogP) is 5.14. The van der Waals surface area contributed by atoms with Gasteiger partial charge >= 0.3 is 0 Å². The molecule has 1 amide bonds. The average molecular weight is 465 g/mol. The highest BCUT2D eigenvalue weighted by Crippen LogP contribution is 2.28. The number of ether oxygens (including phenoxy) is 1. The lowest BCUT2D eigenvalue weighted by atomic mass is 10.0. The van der Waals surface area contributed by atoms with Crippen molar-refractivity contribution in [2.75, 3.05) is 19.6 Å². The molecule has 0 spiro atoms. The van der Waals surface area contributed by atoms with E-state index < -0.39 is 0 Å². The zero-order chi connectivity index (χ0) is 22.8. The van der Waals surface area contributed by atoms with Crippen LogP contribution in [0.2, 0.25) is 5.02 Å². The monoisotopic (exact) mass is 464 g/mol. The van der Waals surface area contributed by atoms with Crippen molar-refractivity contribution in [1.82, 2.24) is 19.6 Å². The van der Waals surface area contributed by atoms with Gasteiger partial charge in [-0.3, -0.25) is 14.4 Å². The maximum atomic E-state index is 13.2. The van der Waals surface area contributed by atoms with Crippen molar-refractivity contribution in [3.63, 3.8) is 0 Å². The van der Waals surface area contributed by atoms with E-state index in [1.54, 1.807) is 0 Å². The molecule has 33 heavy (non-hydrogen) atoms. The molecular formula is C26H29ClN4O2. The fourth-order valence-corrected chi connectivity index (χ4v) is 4.92. The molecule has 3 aromatic rings. The Morgan fingerprint density at radius 1 is 1.06 bits per heavy atom. The number of carbonyl (C=O) groups excluding carboxylic acids is 1. The van der Waals surface area contributed by atoms with Crippen LogP contribution < -0.4 is 4.74 Å². The van der Waals surface area contributed by atoms with Crippen LogP contribution in [0.4, 0.5) is 0 Å². The Morgan fingerprint density at radius 3 is 2.61 bits per heavy atom. The zero-order valence-corrected chi connectivity index (χ0v) is 19.7. The topological polar surface area (TPSA) is 50.6 Å². The first kappa shape index (κ1) is 22.0. The van der Waals surface area contributed by atoms with Crippen LogP contribution in [0.3, 0.4) is 0 Å². The first-order valence-electron chi connectivity index (χ1n) is 11.7. The lowest BCUT2D eigenvalue weighted by molar-refractivity contribution is 0.0783. The Balaban J connectivity index is 1.32. The Kier molecular flexibility index (Phi) is 6.38. The number of halogens is 1. The molecule has 0 N–H and O–H groups in total. The van der Waals surface area contributed by atoms with E-state index in [0.717, 1.165) is 75.6 Å². The molecule has 2 aromatic carbocycles. The van der Waals surface area contributed by atoms with Crippen molar-refractivity contribution in [1.29, 1.82) is 0 Å². The van der Waals surface area contributed by atoms with Crippen molar-refractivity contribution in [3.8, 4) is 11.5 Å². The molecule has 6 nitrogen and oxygen atoms in total. The molecule has 0 atom stereocenters. The summed E-state index contributed by atoms with van der Waals surface area (Å²) in [5.41, 5.74) is 4.16. The van der Waals surface area contributed by atoms with Gasteiger partial charge in [-0.2, -0.15) is 5.10 Å². The zero-order valence-electron chi connectivity index (χ0n) is 19.0. The molecule has 2 aliphatic rings. The molecule has 0 unspecified atom stereocenters. The third-order valence-electron chi connectivity index (χ3n) is 6.46. The van der Waals surface area contributed by atoms with E-state index >= 15 is 0 Å². The van der Waals surface area contributed by atoms with E-state index in [2.05, 4.69) is 24.0 Å². The molecule has 5 rings (SSSR count). The third kappa shape index (κ3) is 4.77. The molecule has 0 radical (unpaired) electrons. The fraction of sp³-hybridized carbons (Fsp3) is 0.385. The summed E-state index contributed by atoms with van der Waals surface area (Å²) in [6.07, 6.45) is 3.08. The highest BCUT2D eigenvalue weighted by atomic mass is 35.5. The fourth-order valence-electron chi connectivity index (χ4n) is 4.79. The lowest BCUT2D eigenvalue weighted by Gasteiger charge is -2.28. The van der Waals surface area contributed by atoms with E-state index in [9.17, 15) is 4.79 Å². The van der Waals surface area contributed by atoms with Gasteiger partial charge in [0.1, 0.15) is 11.5 Å². The van der Waals surface area contributed by atoms with E-state index in [1.807, 2.05) is 46.0 Å². The molecule has 0 saturated carbocycles. The number of nitrogens with zero attached hydrogens (tertiary/aromatic N) is 4. The van der Waals surface area contributed by atoms with E-state index in [1.165, 1.54) is 11.3 Å². The minimum atomic E-state index is 0.0937. The summed E-state index contributed by atoms with van der Waals surface area (Å²) in [4.78, 5) is 17.5. The second-order valence-electron chi connectivity index (χ2n) is 8.75. The van der Waals surface area contributed by atoms with Gasteiger partial charge in [0.15, 0.2) is 5.69 Å². The summed E-state index contributed by atoms with van der Waals surface area (Å²) in [5, 5.41) is 5.42. The molecule has 2 aliphatic heterocycles. The van der Waals surface area contributed by atoms with Gasteiger partial charge in [-0.25, -0.2) is 0 Å². The molecule has 7 heteroatoms. The van der Waals surface area contributed by atoms with E-state index in [0.29, 0.717) is 10.7 Å². The van der Waals surface area contributed by atoms with Crippen LogP contribution in [-0.4, -0.2) is 45.1 Å². The van der Waals surface area contributed by atoms with Crippen molar-refractivity contribution >= 4 is 17.5 Å². The lowest BCUT2D eigenvalue weighted by Crippen LogP contribution is -2.33. The van der Waals surface area contributed by atoms with Crippen molar-refractivity contribution in [2.45, 2.75) is 45.8 Å². The van der Waals surface area contributed by atoms with Crippen molar-refractivity contribution in [3.05, 3.63) is 76.1 Å². The predicted molar refractivity (Wildman–Crippen MR) is 129 cm³/mol. The third-order valence-corrected chi connectivity index (χ3v) is 6.71. The van der Waals surface area contributed by atoms with Gasteiger partial charge in [0.05, 0.1) is 0 Å². The number of aryl methyl sites for hydroxylation is 1. The minimum absolute atomic E-state index is 0.0937. The van der Waals surface area contributed by atoms with Gasteiger partial charge in [0.25, 0.3) is 5.91 Å². The largest absolute Gasteiger partial charge is 0.457 e. The van der Waals surface area contributed by atoms with E-state index in [-0.39, 0.29) is 5.91 Å². The van der Waals surface area contributed by atoms with Gasteiger partial charge in [-0.05, 0) is 61.7 Å². The van der Waals surface area contributed by atoms with Gasteiger partial charge in [0.2, 0.25) is 0 Å². The van der Waals surface area contributed by atoms with Crippen LogP contribution in [0.15, 0.2) is 48.5 Å². The van der Waals surface area contributed by atoms with Crippen molar-refractivity contribution < 1.29 is 9.53 Å². The van der Waals surface area contributed by atoms with Gasteiger partial charge in [-0.15, -0.1) is 0 Å². The number of likely N-dealkylation sites (tertiary alicyclic amines) is 1. The Bertz CT molecular complexity index is 1140. The number of benzene rings is 2. The van der Waals surface area contributed by atoms with Gasteiger partial charge in [0, 0.05) is 62.0 Å². The number of fused-ring (bicyclic) bond motifs is 1. The summed E-state index contributed by atoms with van der Waals surface area (Å²) in [5.74, 6) is 1.66. The first-order chi connectivity index (χ1) is 16.1. The highest BCUT2D eigenvalue weighted by molar-refractivity contribution is 6.30. The number of hydrogen-bond donors (Lipinski definition) is 0. The summed E-state index contributed by atoms with van der Waals surface area (Å²) < 4.78 is 8.03. The molecule has 1 aromatic heterocycles. The molecular weight excluding hydrogens is 436 g/mol. The number of carbonyl (C=O) groups is 1. The summed E-state index contributed by atoms with van der Waals surface area (Å²) in [6.45, 7) is 7.06. The first-order valence-corrected chi connectivity index (χ1v) is 12.1.